The van der Waals surface area contributed by atoms with E-state index in [1.807, 2.05) is 57.2 Å². The summed E-state index contributed by atoms with van der Waals surface area (Å²) >= 11 is 1.41. The number of hydrogen-bond acceptors (Lipinski definition) is 5. The van der Waals surface area contributed by atoms with Crippen molar-refractivity contribution < 1.29 is 9.21 Å². The average Bonchev–Trinajstić information content (AvgIpc) is 3.24. The number of thiophene rings is 1. The zero-order valence-electron chi connectivity index (χ0n) is 15.7. The van der Waals surface area contributed by atoms with Crippen molar-refractivity contribution in [2.45, 2.75) is 20.8 Å². The van der Waals surface area contributed by atoms with E-state index in [-0.39, 0.29) is 5.91 Å². The molecule has 3 aromatic heterocycles. The number of furan rings is 1. The lowest BCUT2D eigenvalue weighted by Crippen LogP contribution is -2.13. The van der Waals surface area contributed by atoms with E-state index in [1.165, 1.54) is 11.3 Å². The summed E-state index contributed by atoms with van der Waals surface area (Å²) in [4.78, 5) is 18.8. The fourth-order valence-electron chi connectivity index (χ4n) is 3.08. The lowest BCUT2D eigenvalue weighted by atomic mass is 10.1. The van der Waals surface area contributed by atoms with E-state index in [4.69, 9.17) is 4.42 Å². The molecule has 0 bridgehead atoms. The summed E-state index contributed by atoms with van der Waals surface area (Å²) < 4.78 is 5.69. The first kappa shape index (κ1) is 18.0. The maximum Gasteiger partial charge on any atom is 0.257 e. The number of benzene rings is 1. The summed E-state index contributed by atoms with van der Waals surface area (Å²) in [5.74, 6) is 1.11. The highest BCUT2D eigenvalue weighted by Crippen LogP contribution is 2.33. The Morgan fingerprint density at radius 1 is 1.18 bits per heavy atom. The molecule has 0 aliphatic carbocycles. The molecule has 0 atom stereocenters. The van der Waals surface area contributed by atoms with Crippen LogP contribution in [0.15, 0.2) is 46.9 Å². The Balaban J connectivity index is 1.82. The van der Waals surface area contributed by atoms with Crippen LogP contribution in [0.3, 0.4) is 0 Å². The summed E-state index contributed by atoms with van der Waals surface area (Å²) in [5.41, 5.74) is 3.20. The number of fused-ring (bicyclic) bond motifs is 1. The molecule has 28 heavy (non-hydrogen) atoms. The van der Waals surface area contributed by atoms with E-state index in [0.29, 0.717) is 33.1 Å². The van der Waals surface area contributed by atoms with Gasteiger partial charge in [0.05, 0.1) is 16.6 Å². The largest absolute Gasteiger partial charge is 0.460 e. The van der Waals surface area contributed by atoms with Crippen LogP contribution in [-0.2, 0) is 0 Å². The molecule has 0 fully saturated rings. The Bertz CT molecular complexity index is 1260. The van der Waals surface area contributed by atoms with Crippen LogP contribution in [0.5, 0.6) is 0 Å². The van der Waals surface area contributed by atoms with Crippen LogP contribution in [0.4, 0.5) is 5.00 Å². The number of hydrogen-bond donors (Lipinski definition) is 1. The maximum absolute atomic E-state index is 13.1. The van der Waals surface area contributed by atoms with E-state index in [1.54, 1.807) is 6.07 Å². The Labute approximate surface area is 166 Å². The summed E-state index contributed by atoms with van der Waals surface area (Å²) in [5, 5.41) is 13.7. The Hall–Kier alpha value is -3.43. The van der Waals surface area contributed by atoms with Crippen LogP contribution in [0.25, 0.3) is 22.4 Å². The lowest BCUT2D eigenvalue weighted by molar-refractivity contribution is 0.102. The van der Waals surface area contributed by atoms with Crippen LogP contribution < -0.4 is 5.32 Å². The Kier molecular flexibility index (Phi) is 4.46. The van der Waals surface area contributed by atoms with E-state index in [0.717, 1.165) is 21.6 Å². The predicted octanol–water partition coefficient (Wildman–Crippen LogP) is 5.61. The van der Waals surface area contributed by atoms with E-state index < -0.39 is 0 Å². The molecule has 4 aromatic rings. The highest BCUT2D eigenvalue weighted by Gasteiger charge is 2.19. The molecule has 1 aromatic carbocycles. The van der Waals surface area contributed by atoms with Gasteiger partial charge in [-0.3, -0.25) is 4.79 Å². The second kappa shape index (κ2) is 6.95. The fraction of sp³-hybridized carbons (Fsp3) is 0.136. The normalized spacial score (nSPS) is 10.8. The van der Waals surface area contributed by atoms with Gasteiger partial charge in [-0.05, 0) is 50.6 Å². The van der Waals surface area contributed by atoms with Crippen LogP contribution >= 0.6 is 11.3 Å². The van der Waals surface area contributed by atoms with Crippen molar-refractivity contribution in [1.29, 1.82) is 5.26 Å². The third kappa shape index (κ3) is 3.06. The minimum Gasteiger partial charge on any atom is -0.460 e. The second-order valence-corrected chi connectivity index (χ2v) is 7.76. The number of nitrogens with zero attached hydrogens (tertiary/aromatic N) is 2. The molecular weight excluding hydrogens is 370 g/mol. The minimum absolute atomic E-state index is 0.277. The van der Waals surface area contributed by atoms with Gasteiger partial charge in [-0.1, -0.05) is 18.2 Å². The molecule has 0 unspecified atom stereocenters. The highest BCUT2D eigenvalue weighted by atomic mass is 32.1. The molecule has 4 rings (SSSR count). The number of aromatic nitrogens is 1. The van der Waals surface area contributed by atoms with Gasteiger partial charge in [-0.15, -0.1) is 11.3 Å². The van der Waals surface area contributed by atoms with Crippen molar-refractivity contribution in [2.75, 3.05) is 5.32 Å². The Morgan fingerprint density at radius 2 is 1.96 bits per heavy atom. The zero-order chi connectivity index (χ0) is 19.8. The van der Waals surface area contributed by atoms with E-state index in [9.17, 15) is 10.1 Å². The number of rotatable bonds is 3. The van der Waals surface area contributed by atoms with Gasteiger partial charge in [0.15, 0.2) is 5.76 Å². The molecule has 1 N–H and O–H groups in total. The number of carbonyl (C=O) groups excluding carboxylic acids is 1. The quantitative estimate of drug-likeness (QED) is 0.496. The first-order valence-corrected chi connectivity index (χ1v) is 9.57. The lowest BCUT2D eigenvalue weighted by Gasteiger charge is -2.09. The number of carbonyl (C=O) groups is 1. The number of aryl methyl sites for hydroxylation is 2. The molecule has 6 heteroatoms. The van der Waals surface area contributed by atoms with Gasteiger partial charge < -0.3 is 9.73 Å². The minimum atomic E-state index is -0.277. The Morgan fingerprint density at radius 3 is 2.68 bits per heavy atom. The van der Waals surface area contributed by atoms with Crippen molar-refractivity contribution in [3.05, 3.63) is 69.8 Å². The van der Waals surface area contributed by atoms with Crippen LogP contribution in [0.1, 0.15) is 32.1 Å². The van der Waals surface area contributed by atoms with Crippen molar-refractivity contribution in [1.82, 2.24) is 4.98 Å². The molecule has 0 aliphatic rings. The van der Waals surface area contributed by atoms with Gasteiger partial charge in [0, 0.05) is 10.3 Å². The van der Waals surface area contributed by atoms with Gasteiger partial charge in [0.25, 0.3) is 5.91 Å². The fourth-order valence-corrected chi connectivity index (χ4v) is 4.09. The van der Waals surface area contributed by atoms with Gasteiger partial charge in [0.2, 0.25) is 0 Å². The maximum atomic E-state index is 13.1. The van der Waals surface area contributed by atoms with Crippen LogP contribution in [0, 0.1) is 32.1 Å². The third-order valence-corrected chi connectivity index (χ3v) is 5.80. The molecule has 3 heterocycles. The SMILES string of the molecule is Cc1ccc(-c2cc(C(=O)Nc3sc(C)c(C)c3C#N)c3ccccc3n2)o1. The molecule has 5 nitrogen and oxygen atoms in total. The summed E-state index contributed by atoms with van der Waals surface area (Å²) in [6.07, 6.45) is 0. The van der Waals surface area contributed by atoms with Crippen LogP contribution in [-0.4, -0.2) is 10.9 Å². The summed E-state index contributed by atoms with van der Waals surface area (Å²) in [6.45, 7) is 5.69. The molecule has 0 saturated heterocycles. The van der Waals surface area contributed by atoms with E-state index in [2.05, 4.69) is 16.4 Å². The standard InChI is InChI=1S/C22H17N3O2S/c1-12-8-9-20(27-12)19-10-16(15-6-4-5-7-18(15)24-19)21(26)25-22-17(11-23)13(2)14(3)28-22/h4-10H,1-3H3,(H,25,26). The summed E-state index contributed by atoms with van der Waals surface area (Å²) in [7, 11) is 0. The van der Waals surface area contributed by atoms with Gasteiger partial charge >= 0.3 is 0 Å². The first-order valence-electron chi connectivity index (χ1n) is 8.76. The van der Waals surface area contributed by atoms with Crippen molar-refractivity contribution >= 4 is 33.1 Å². The molecule has 0 aliphatic heterocycles. The summed E-state index contributed by atoms with van der Waals surface area (Å²) in [6, 6.07) is 15.1. The highest BCUT2D eigenvalue weighted by molar-refractivity contribution is 7.16. The zero-order valence-corrected chi connectivity index (χ0v) is 16.5. The number of anilines is 1. The first-order chi connectivity index (χ1) is 13.5. The van der Waals surface area contributed by atoms with Gasteiger partial charge in [-0.2, -0.15) is 5.26 Å². The number of amides is 1. The topological polar surface area (TPSA) is 78.9 Å². The predicted molar refractivity (Wildman–Crippen MR) is 111 cm³/mol. The molecular formula is C22H17N3O2S. The molecule has 1 amide bonds. The van der Waals surface area contributed by atoms with Crippen LogP contribution in [0.2, 0.25) is 0 Å². The van der Waals surface area contributed by atoms with Crippen molar-refractivity contribution in [3.63, 3.8) is 0 Å². The molecule has 138 valence electrons. The third-order valence-electron chi connectivity index (χ3n) is 4.68. The number of pyridine rings is 1. The number of nitriles is 1. The number of nitrogens with one attached hydrogen (secondary N) is 1. The van der Waals surface area contributed by atoms with Crippen molar-refractivity contribution in [2.24, 2.45) is 0 Å². The van der Waals surface area contributed by atoms with Gasteiger partial charge in [0.1, 0.15) is 22.5 Å². The van der Waals surface area contributed by atoms with E-state index >= 15 is 0 Å². The monoisotopic (exact) mass is 387 g/mol. The molecule has 0 saturated carbocycles. The second-order valence-electron chi connectivity index (χ2n) is 6.54. The number of para-hydroxylation sites is 1. The van der Waals surface area contributed by atoms with Crippen molar-refractivity contribution in [3.8, 4) is 17.5 Å². The molecule has 0 radical (unpaired) electrons. The average molecular weight is 387 g/mol. The van der Waals surface area contributed by atoms with Gasteiger partial charge in [-0.25, -0.2) is 4.98 Å². The molecule has 0 spiro atoms. The smallest absolute Gasteiger partial charge is 0.257 e.